The first-order valence-electron chi connectivity index (χ1n) is 5.94. The number of thioether (sulfide) groups is 1. The van der Waals surface area contributed by atoms with Gasteiger partial charge in [-0.1, -0.05) is 20.8 Å². The van der Waals surface area contributed by atoms with Gasteiger partial charge in [-0.2, -0.15) is 11.8 Å². The van der Waals surface area contributed by atoms with Crippen LogP contribution in [0.2, 0.25) is 0 Å². The summed E-state index contributed by atoms with van der Waals surface area (Å²) in [6, 6.07) is 2.33. The number of rotatable bonds is 2. The highest BCUT2D eigenvalue weighted by Crippen LogP contribution is 2.24. The van der Waals surface area contributed by atoms with Crippen LogP contribution in [0.5, 0.6) is 0 Å². The lowest BCUT2D eigenvalue weighted by Crippen LogP contribution is -2.22. The second-order valence-corrected chi connectivity index (χ2v) is 6.61. The minimum Gasteiger partial charge on any atom is -0.384 e. The van der Waals surface area contributed by atoms with E-state index >= 15 is 0 Å². The summed E-state index contributed by atoms with van der Waals surface area (Å²) in [7, 11) is 0. The van der Waals surface area contributed by atoms with Gasteiger partial charge in [0, 0.05) is 23.3 Å². The zero-order valence-electron chi connectivity index (χ0n) is 10.7. The topological polar surface area (TPSA) is 63.8 Å². The zero-order chi connectivity index (χ0) is 12.5. The quantitative estimate of drug-likeness (QED) is 0.845. The molecule has 1 aliphatic rings. The Morgan fingerprint density at radius 1 is 1.41 bits per heavy atom. The Balaban J connectivity index is 2.19. The number of hydrogen-bond acceptors (Lipinski definition) is 5. The molecule has 1 unspecified atom stereocenters. The second kappa shape index (κ2) is 4.72. The maximum absolute atomic E-state index is 5.83. The van der Waals surface area contributed by atoms with Gasteiger partial charge in [0.2, 0.25) is 0 Å². The molecule has 5 heteroatoms. The maximum atomic E-state index is 5.83. The SMILES string of the molecule is CC(C)(C)c1nc(N)cc(NC2CCSC2)n1. The van der Waals surface area contributed by atoms with E-state index in [0.29, 0.717) is 11.9 Å². The van der Waals surface area contributed by atoms with Crippen LogP contribution in [0, 0.1) is 0 Å². The van der Waals surface area contributed by atoms with Crippen molar-refractivity contribution in [2.24, 2.45) is 0 Å². The molecule has 1 aromatic rings. The highest BCUT2D eigenvalue weighted by molar-refractivity contribution is 7.99. The molecule has 1 atom stereocenters. The summed E-state index contributed by atoms with van der Waals surface area (Å²) in [6.07, 6.45) is 1.19. The molecule has 1 aromatic heterocycles. The number of aromatic nitrogens is 2. The number of anilines is 2. The van der Waals surface area contributed by atoms with Crippen LogP contribution in [-0.2, 0) is 5.41 Å². The van der Waals surface area contributed by atoms with E-state index in [9.17, 15) is 0 Å². The summed E-state index contributed by atoms with van der Waals surface area (Å²) in [5, 5.41) is 3.44. The van der Waals surface area contributed by atoms with E-state index in [4.69, 9.17) is 5.73 Å². The van der Waals surface area contributed by atoms with Gasteiger partial charge in [-0.15, -0.1) is 0 Å². The van der Waals surface area contributed by atoms with Crippen LogP contribution in [0.3, 0.4) is 0 Å². The molecule has 1 aliphatic heterocycles. The summed E-state index contributed by atoms with van der Waals surface area (Å²) in [5.41, 5.74) is 5.76. The van der Waals surface area contributed by atoms with Crippen LogP contribution in [0.1, 0.15) is 33.0 Å². The van der Waals surface area contributed by atoms with Crippen molar-refractivity contribution in [2.45, 2.75) is 38.6 Å². The molecule has 1 saturated heterocycles. The molecule has 4 nitrogen and oxygen atoms in total. The molecule has 0 bridgehead atoms. The monoisotopic (exact) mass is 252 g/mol. The van der Waals surface area contributed by atoms with E-state index in [1.165, 1.54) is 12.2 Å². The average molecular weight is 252 g/mol. The van der Waals surface area contributed by atoms with Gasteiger partial charge in [-0.25, -0.2) is 9.97 Å². The van der Waals surface area contributed by atoms with Crippen LogP contribution in [0.15, 0.2) is 6.07 Å². The van der Waals surface area contributed by atoms with Gasteiger partial charge < -0.3 is 11.1 Å². The van der Waals surface area contributed by atoms with Crippen molar-refractivity contribution < 1.29 is 0 Å². The van der Waals surface area contributed by atoms with E-state index in [0.717, 1.165) is 17.4 Å². The Morgan fingerprint density at radius 3 is 2.76 bits per heavy atom. The fourth-order valence-electron chi connectivity index (χ4n) is 1.73. The smallest absolute Gasteiger partial charge is 0.138 e. The molecular weight excluding hydrogens is 232 g/mol. The van der Waals surface area contributed by atoms with Gasteiger partial charge in [0.1, 0.15) is 17.5 Å². The molecule has 2 rings (SSSR count). The highest BCUT2D eigenvalue weighted by Gasteiger charge is 2.20. The number of hydrogen-bond donors (Lipinski definition) is 2. The first kappa shape index (κ1) is 12.5. The zero-order valence-corrected chi connectivity index (χ0v) is 11.5. The Labute approximate surface area is 107 Å². The minimum atomic E-state index is -0.0732. The van der Waals surface area contributed by atoms with Crippen molar-refractivity contribution in [3.63, 3.8) is 0 Å². The van der Waals surface area contributed by atoms with E-state index in [2.05, 4.69) is 36.1 Å². The van der Waals surface area contributed by atoms with Gasteiger partial charge in [0.15, 0.2) is 0 Å². The van der Waals surface area contributed by atoms with Crippen molar-refractivity contribution in [1.29, 1.82) is 0 Å². The molecular formula is C12H20N4S. The van der Waals surface area contributed by atoms with Crippen LogP contribution in [0.25, 0.3) is 0 Å². The molecule has 0 radical (unpaired) electrons. The summed E-state index contributed by atoms with van der Waals surface area (Å²) >= 11 is 1.98. The average Bonchev–Trinajstić information content (AvgIpc) is 2.68. The molecule has 3 N–H and O–H groups in total. The molecule has 2 heterocycles. The summed E-state index contributed by atoms with van der Waals surface area (Å²) < 4.78 is 0. The molecule has 17 heavy (non-hydrogen) atoms. The van der Waals surface area contributed by atoms with Gasteiger partial charge in [0.05, 0.1) is 0 Å². The first-order chi connectivity index (χ1) is 7.95. The second-order valence-electron chi connectivity index (χ2n) is 5.46. The Hall–Kier alpha value is -0.970. The predicted molar refractivity (Wildman–Crippen MR) is 74.5 cm³/mol. The lowest BCUT2D eigenvalue weighted by Gasteiger charge is -2.19. The van der Waals surface area contributed by atoms with Crippen molar-refractivity contribution >= 4 is 23.4 Å². The van der Waals surface area contributed by atoms with Gasteiger partial charge >= 0.3 is 0 Å². The molecule has 0 aliphatic carbocycles. The van der Waals surface area contributed by atoms with Crippen LogP contribution < -0.4 is 11.1 Å². The Morgan fingerprint density at radius 2 is 2.18 bits per heavy atom. The number of nitrogens with one attached hydrogen (secondary N) is 1. The lowest BCUT2D eigenvalue weighted by atomic mass is 9.96. The summed E-state index contributed by atoms with van der Waals surface area (Å²) in [5.74, 6) is 4.57. The molecule has 0 aromatic carbocycles. The van der Waals surface area contributed by atoms with Gasteiger partial charge in [-0.05, 0) is 12.2 Å². The summed E-state index contributed by atoms with van der Waals surface area (Å²) in [6.45, 7) is 6.28. The standard InChI is InChI=1S/C12H20N4S/c1-12(2,3)11-15-9(13)6-10(16-11)14-8-4-5-17-7-8/h6,8H,4-5,7H2,1-3H3,(H3,13,14,15,16). The fraction of sp³-hybridized carbons (Fsp3) is 0.667. The Kier molecular flexibility index (Phi) is 3.47. The highest BCUT2D eigenvalue weighted by atomic mass is 32.2. The van der Waals surface area contributed by atoms with E-state index in [-0.39, 0.29) is 5.41 Å². The van der Waals surface area contributed by atoms with E-state index in [1.54, 1.807) is 0 Å². The van der Waals surface area contributed by atoms with Crippen molar-refractivity contribution in [2.75, 3.05) is 22.6 Å². The van der Waals surface area contributed by atoms with Crippen molar-refractivity contribution in [1.82, 2.24) is 9.97 Å². The van der Waals surface area contributed by atoms with Crippen molar-refractivity contribution in [3.05, 3.63) is 11.9 Å². The first-order valence-corrected chi connectivity index (χ1v) is 7.10. The predicted octanol–water partition coefficient (Wildman–Crippen LogP) is 2.27. The minimum absolute atomic E-state index is 0.0732. The van der Waals surface area contributed by atoms with Crippen LogP contribution in [-0.4, -0.2) is 27.5 Å². The van der Waals surface area contributed by atoms with Gasteiger partial charge in [0.25, 0.3) is 0 Å². The number of nitrogens with zero attached hydrogens (tertiary/aromatic N) is 2. The van der Waals surface area contributed by atoms with Gasteiger partial charge in [-0.3, -0.25) is 0 Å². The fourth-order valence-corrected chi connectivity index (χ4v) is 2.89. The molecule has 0 saturated carbocycles. The molecule has 94 valence electrons. The van der Waals surface area contributed by atoms with E-state index in [1.807, 2.05) is 17.8 Å². The molecule has 0 spiro atoms. The largest absolute Gasteiger partial charge is 0.384 e. The summed E-state index contributed by atoms with van der Waals surface area (Å²) in [4.78, 5) is 8.86. The Bertz CT molecular complexity index is 394. The third-order valence-corrected chi connectivity index (χ3v) is 3.86. The van der Waals surface area contributed by atoms with Crippen LogP contribution in [0.4, 0.5) is 11.6 Å². The third-order valence-electron chi connectivity index (χ3n) is 2.70. The molecule has 1 fully saturated rings. The normalized spacial score (nSPS) is 20.5. The third kappa shape index (κ3) is 3.25. The number of nitrogen functional groups attached to an aromatic ring is 1. The molecule has 0 amide bonds. The van der Waals surface area contributed by atoms with Crippen molar-refractivity contribution in [3.8, 4) is 0 Å². The van der Waals surface area contributed by atoms with E-state index < -0.39 is 0 Å². The number of nitrogens with two attached hydrogens (primary N) is 1. The van der Waals surface area contributed by atoms with Crippen LogP contribution >= 0.6 is 11.8 Å². The lowest BCUT2D eigenvalue weighted by molar-refractivity contribution is 0.546. The maximum Gasteiger partial charge on any atom is 0.138 e.